The quantitative estimate of drug-likeness (QED) is 0.496. The van der Waals surface area contributed by atoms with Gasteiger partial charge in [-0.3, -0.25) is 9.78 Å². The summed E-state index contributed by atoms with van der Waals surface area (Å²) in [4.78, 5) is 20.5. The van der Waals surface area contributed by atoms with Crippen LogP contribution in [0.15, 0.2) is 40.5 Å². The van der Waals surface area contributed by atoms with E-state index >= 15 is 0 Å². The number of nitrogens with two attached hydrogens (primary N) is 1. The molecule has 1 atom stereocenters. The van der Waals surface area contributed by atoms with E-state index in [1.807, 2.05) is 12.3 Å². The van der Waals surface area contributed by atoms with Crippen molar-refractivity contribution < 1.29 is 0 Å². The summed E-state index contributed by atoms with van der Waals surface area (Å²) in [6.07, 6.45) is 0. The molecular formula is C23H25N3OS. The molecule has 0 saturated carbocycles. The lowest BCUT2D eigenvalue weighted by molar-refractivity contribution is 0.774. The van der Waals surface area contributed by atoms with Crippen LogP contribution in [-0.4, -0.2) is 16.5 Å². The van der Waals surface area contributed by atoms with Crippen molar-refractivity contribution in [1.29, 1.82) is 0 Å². The van der Waals surface area contributed by atoms with Crippen LogP contribution >= 0.6 is 11.3 Å². The number of aryl methyl sites for hydroxylation is 1. The molecule has 0 aliphatic rings. The molecule has 0 aliphatic heterocycles. The zero-order chi connectivity index (χ0) is 20.0. The van der Waals surface area contributed by atoms with Crippen LogP contribution in [0.2, 0.25) is 0 Å². The highest BCUT2D eigenvalue weighted by Crippen LogP contribution is 2.39. The summed E-state index contributed by atoms with van der Waals surface area (Å²) in [6, 6.07) is 10.7. The third kappa shape index (κ3) is 2.95. The Bertz CT molecular complexity index is 1220. The Morgan fingerprint density at radius 1 is 1.14 bits per heavy atom. The van der Waals surface area contributed by atoms with Gasteiger partial charge in [-0.2, -0.15) is 0 Å². The van der Waals surface area contributed by atoms with Gasteiger partial charge in [0.2, 0.25) is 0 Å². The lowest BCUT2D eigenvalue weighted by atomic mass is 9.90. The van der Waals surface area contributed by atoms with E-state index in [0.29, 0.717) is 12.5 Å². The van der Waals surface area contributed by atoms with Gasteiger partial charge in [-0.25, -0.2) is 0 Å². The summed E-state index contributed by atoms with van der Waals surface area (Å²) in [5, 5.41) is 4.08. The number of aromatic nitrogens is 2. The fraction of sp³-hybridized carbons (Fsp3) is 0.304. The first-order valence-electron chi connectivity index (χ1n) is 9.66. The lowest BCUT2D eigenvalue weighted by Crippen LogP contribution is -2.10. The van der Waals surface area contributed by atoms with E-state index < -0.39 is 0 Å². The Morgan fingerprint density at radius 3 is 2.50 bits per heavy atom. The van der Waals surface area contributed by atoms with E-state index in [4.69, 9.17) is 10.7 Å². The van der Waals surface area contributed by atoms with E-state index in [1.54, 1.807) is 0 Å². The standard InChI is InChI=1S/C23H25N3OS/c1-12(2)20-18(16-7-5-15(6-8-16)13(3)11-24)19-17-9-10-28-22(17)23(27)26-21(19)14(4)25-20/h5-10,12-13H,11,24H2,1-4H3,(H,26,27). The van der Waals surface area contributed by atoms with Gasteiger partial charge in [0, 0.05) is 16.3 Å². The highest BCUT2D eigenvalue weighted by molar-refractivity contribution is 7.17. The summed E-state index contributed by atoms with van der Waals surface area (Å²) < 4.78 is 0.766. The van der Waals surface area contributed by atoms with Crippen molar-refractivity contribution in [1.82, 2.24) is 9.97 Å². The minimum Gasteiger partial charge on any atom is -0.330 e. The number of aromatic amines is 1. The molecule has 0 saturated heterocycles. The number of pyridine rings is 2. The fourth-order valence-corrected chi connectivity index (χ4v) is 4.62. The van der Waals surface area contributed by atoms with Crippen molar-refractivity contribution in [2.75, 3.05) is 6.54 Å². The molecule has 0 radical (unpaired) electrons. The molecule has 3 aromatic heterocycles. The van der Waals surface area contributed by atoms with Crippen molar-refractivity contribution in [3.05, 3.63) is 63.0 Å². The van der Waals surface area contributed by atoms with Crippen molar-refractivity contribution in [3.8, 4) is 11.1 Å². The largest absolute Gasteiger partial charge is 0.330 e. The summed E-state index contributed by atoms with van der Waals surface area (Å²) in [5.41, 5.74) is 12.0. The van der Waals surface area contributed by atoms with Crippen molar-refractivity contribution >= 4 is 32.3 Å². The Morgan fingerprint density at radius 2 is 1.86 bits per heavy atom. The second-order valence-corrected chi connectivity index (χ2v) is 8.65. The number of nitrogens with one attached hydrogen (secondary N) is 1. The highest BCUT2D eigenvalue weighted by atomic mass is 32.1. The van der Waals surface area contributed by atoms with Gasteiger partial charge in [0.1, 0.15) is 4.70 Å². The van der Waals surface area contributed by atoms with Crippen LogP contribution in [-0.2, 0) is 0 Å². The first kappa shape index (κ1) is 18.8. The molecule has 1 unspecified atom stereocenters. The van der Waals surface area contributed by atoms with Gasteiger partial charge in [0.05, 0.1) is 16.9 Å². The van der Waals surface area contributed by atoms with Gasteiger partial charge in [-0.05, 0) is 47.9 Å². The van der Waals surface area contributed by atoms with Gasteiger partial charge in [-0.1, -0.05) is 45.0 Å². The van der Waals surface area contributed by atoms with Crippen LogP contribution in [0.4, 0.5) is 0 Å². The van der Waals surface area contributed by atoms with Crippen LogP contribution in [0.25, 0.3) is 32.1 Å². The number of hydrogen-bond acceptors (Lipinski definition) is 4. The summed E-state index contributed by atoms with van der Waals surface area (Å²) in [7, 11) is 0. The number of rotatable bonds is 4. The van der Waals surface area contributed by atoms with Gasteiger partial charge in [0.15, 0.2) is 0 Å². The van der Waals surface area contributed by atoms with Gasteiger partial charge >= 0.3 is 0 Å². The van der Waals surface area contributed by atoms with Gasteiger partial charge in [-0.15, -0.1) is 11.3 Å². The van der Waals surface area contributed by atoms with Crippen LogP contribution in [0.3, 0.4) is 0 Å². The molecular weight excluding hydrogens is 366 g/mol. The highest BCUT2D eigenvalue weighted by Gasteiger charge is 2.20. The number of nitrogens with zero attached hydrogens (tertiary/aromatic N) is 1. The smallest absolute Gasteiger partial charge is 0.266 e. The molecule has 28 heavy (non-hydrogen) atoms. The van der Waals surface area contributed by atoms with E-state index in [0.717, 1.165) is 43.5 Å². The van der Waals surface area contributed by atoms with Gasteiger partial charge in [0.25, 0.3) is 5.56 Å². The molecule has 0 amide bonds. The van der Waals surface area contributed by atoms with Crippen LogP contribution in [0.5, 0.6) is 0 Å². The average Bonchev–Trinajstić information content (AvgIpc) is 3.18. The van der Waals surface area contributed by atoms with E-state index in [9.17, 15) is 4.79 Å². The second kappa shape index (κ2) is 7.15. The Kier molecular flexibility index (Phi) is 4.81. The maximum absolute atomic E-state index is 12.5. The minimum absolute atomic E-state index is 0.0437. The molecule has 4 rings (SSSR count). The maximum atomic E-state index is 12.5. The van der Waals surface area contributed by atoms with E-state index in [2.05, 4.69) is 56.1 Å². The molecule has 4 aromatic rings. The maximum Gasteiger partial charge on any atom is 0.266 e. The monoisotopic (exact) mass is 391 g/mol. The molecule has 4 nitrogen and oxygen atoms in total. The van der Waals surface area contributed by atoms with Crippen molar-refractivity contribution in [3.63, 3.8) is 0 Å². The molecule has 0 fully saturated rings. The molecule has 0 spiro atoms. The third-order valence-corrected chi connectivity index (χ3v) is 6.37. The zero-order valence-corrected chi connectivity index (χ0v) is 17.5. The summed E-state index contributed by atoms with van der Waals surface area (Å²) >= 11 is 1.48. The first-order chi connectivity index (χ1) is 13.4. The predicted octanol–water partition coefficient (Wildman–Crippen LogP) is 5.30. The Balaban J connectivity index is 2.11. The van der Waals surface area contributed by atoms with Crippen LogP contribution in [0.1, 0.15) is 49.6 Å². The fourth-order valence-electron chi connectivity index (χ4n) is 3.83. The normalized spacial score (nSPS) is 12.9. The Labute approximate surface area is 168 Å². The SMILES string of the molecule is Cc1nc(C(C)C)c(-c2ccc(C(C)CN)cc2)c2c1[nH]c(=O)c1sccc12. The first-order valence-corrected chi connectivity index (χ1v) is 10.5. The molecule has 0 aliphatic carbocycles. The predicted molar refractivity (Wildman–Crippen MR) is 119 cm³/mol. The van der Waals surface area contributed by atoms with E-state index in [-0.39, 0.29) is 11.5 Å². The zero-order valence-electron chi connectivity index (χ0n) is 16.7. The molecule has 3 heterocycles. The molecule has 1 aromatic carbocycles. The third-order valence-electron chi connectivity index (χ3n) is 5.45. The molecule has 0 bridgehead atoms. The summed E-state index contributed by atoms with van der Waals surface area (Å²) in [5.74, 6) is 0.591. The number of H-pyrrole nitrogens is 1. The second-order valence-electron chi connectivity index (χ2n) is 7.74. The Hall–Kier alpha value is -2.50. The minimum atomic E-state index is -0.0437. The molecule has 3 N–H and O–H groups in total. The number of benzene rings is 1. The summed E-state index contributed by atoms with van der Waals surface area (Å²) in [6.45, 7) is 9.06. The topological polar surface area (TPSA) is 71.8 Å². The molecule has 144 valence electrons. The van der Waals surface area contributed by atoms with Crippen molar-refractivity contribution in [2.45, 2.75) is 39.5 Å². The number of fused-ring (bicyclic) bond motifs is 3. The number of hydrogen-bond donors (Lipinski definition) is 2. The molecule has 5 heteroatoms. The van der Waals surface area contributed by atoms with Crippen LogP contribution < -0.4 is 11.3 Å². The average molecular weight is 392 g/mol. The van der Waals surface area contributed by atoms with Crippen LogP contribution in [0, 0.1) is 6.92 Å². The lowest BCUT2D eigenvalue weighted by Gasteiger charge is -2.18. The van der Waals surface area contributed by atoms with Crippen molar-refractivity contribution in [2.24, 2.45) is 5.73 Å². The van der Waals surface area contributed by atoms with Gasteiger partial charge < -0.3 is 10.7 Å². The van der Waals surface area contributed by atoms with E-state index in [1.165, 1.54) is 16.9 Å². The number of thiophene rings is 1.